The van der Waals surface area contributed by atoms with Crippen molar-refractivity contribution in [1.82, 2.24) is 15.5 Å². The van der Waals surface area contributed by atoms with Crippen molar-refractivity contribution in [3.05, 3.63) is 9.47 Å². The van der Waals surface area contributed by atoms with Crippen molar-refractivity contribution in [2.75, 3.05) is 19.8 Å². The van der Waals surface area contributed by atoms with Gasteiger partial charge in [0.15, 0.2) is 0 Å². The maximum absolute atomic E-state index is 11.4. The maximum Gasteiger partial charge on any atom is 0.282 e. The molecule has 90 valence electrons. The molecule has 5 nitrogen and oxygen atoms in total. The minimum Gasteiger partial charge on any atom is -0.381 e. The lowest BCUT2D eigenvalue weighted by molar-refractivity contribution is 0.0940. The van der Waals surface area contributed by atoms with Crippen molar-refractivity contribution in [3.8, 4) is 0 Å². The predicted octanol–water partition coefficient (Wildman–Crippen LogP) is 1.74. The van der Waals surface area contributed by atoms with Gasteiger partial charge in [-0.05, 0) is 24.4 Å². The Labute approximate surface area is 103 Å². The third kappa shape index (κ3) is 4.87. The summed E-state index contributed by atoms with van der Waals surface area (Å²) >= 11 is 6.64. The van der Waals surface area contributed by atoms with Crippen LogP contribution >= 0.6 is 22.9 Å². The summed E-state index contributed by atoms with van der Waals surface area (Å²) in [5, 5.41) is 10.2. The van der Waals surface area contributed by atoms with E-state index in [9.17, 15) is 4.79 Å². The summed E-state index contributed by atoms with van der Waals surface area (Å²) in [6, 6.07) is 0. The van der Waals surface area contributed by atoms with Gasteiger partial charge in [-0.1, -0.05) is 18.3 Å². The Kier molecular flexibility index (Phi) is 6.29. The van der Waals surface area contributed by atoms with E-state index in [1.54, 1.807) is 0 Å². The highest BCUT2D eigenvalue weighted by molar-refractivity contribution is 7.17. The molecule has 0 bridgehead atoms. The lowest BCUT2D eigenvalue weighted by atomic mass is 10.4. The molecule has 16 heavy (non-hydrogen) atoms. The standard InChI is InChI=1S/C9H14ClN3O2S/c1-2-5-15-6-3-4-11-7(14)8-12-13-9(10)16-8/h2-6H2,1H3,(H,11,14). The number of amides is 1. The monoisotopic (exact) mass is 263 g/mol. The van der Waals surface area contributed by atoms with Crippen LogP contribution in [-0.2, 0) is 4.74 Å². The summed E-state index contributed by atoms with van der Waals surface area (Å²) < 4.78 is 5.55. The van der Waals surface area contributed by atoms with Crippen molar-refractivity contribution in [3.63, 3.8) is 0 Å². The second kappa shape index (κ2) is 7.54. The predicted molar refractivity (Wildman–Crippen MR) is 63.0 cm³/mol. The summed E-state index contributed by atoms with van der Waals surface area (Å²) in [6.45, 7) is 4.05. The number of hydrogen-bond acceptors (Lipinski definition) is 5. The Morgan fingerprint density at radius 3 is 2.94 bits per heavy atom. The molecule has 0 atom stereocenters. The third-order valence-corrected chi connectivity index (χ3v) is 2.71. The molecular weight excluding hydrogens is 250 g/mol. The van der Waals surface area contributed by atoms with Crippen LogP contribution in [0.15, 0.2) is 0 Å². The lowest BCUT2D eigenvalue weighted by Crippen LogP contribution is -2.25. The van der Waals surface area contributed by atoms with Crippen LogP contribution < -0.4 is 5.32 Å². The first-order valence-corrected chi connectivity index (χ1v) is 6.28. The summed E-state index contributed by atoms with van der Waals surface area (Å²) in [7, 11) is 0. The van der Waals surface area contributed by atoms with Crippen LogP contribution in [-0.4, -0.2) is 35.9 Å². The number of ether oxygens (including phenoxy) is 1. The normalized spacial score (nSPS) is 10.4. The van der Waals surface area contributed by atoms with Crippen LogP contribution in [0.5, 0.6) is 0 Å². The van der Waals surface area contributed by atoms with Crippen molar-refractivity contribution in [2.24, 2.45) is 0 Å². The molecule has 0 aliphatic heterocycles. The molecule has 0 aromatic carbocycles. The smallest absolute Gasteiger partial charge is 0.282 e. The number of carbonyl (C=O) groups excluding carboxylic acids is 1. The minimum atomic E-state index is -0.236. The van der Waals surface area contributed by atoms with Crippen LogP contribution in [0.25, 0.3) is 0 Å². The molecule has 1 amide bonds. The van der Waals surface area contributed by atoms with Gasteiger partial charge in [-0.3, -0.25) is 4.79 Å². The average Bonchev–Trinajstić information content (AvgIpc) is 2.70. The molecule has 1 rings (SSSR count). The Hall–Kier alpha value is -0.720. The van der Waals surface area contributed by atoms with Gasteiger partial charge in [0.1, 0.15) is 0 Å². The zero-order chi connectivity index (χ0) is 11.8. The summed E-state index contributed by atoms with van der Waals surface area (Å²) in [4.78, 5) is 11.4. The number of halogens is 1. The number of aromatic nitrogens is 2. The molecule has 7 heteroatoms. The van der Waals surface area contributed by atoms with Crippen LogP contribution in [0, 0.1) is 0 Å². The number of nitrogens with one attached hydrogen (secondary N) is 1. The maximum atomic E-state index is 11.4. The highest BCUT2D eigenvalue weighted by atomic mass is 35.5. The SMILES string of the molecule is CCCOCCCNC(=O)c1nnc(Cl)s1. The summed E-state index contributed by atoms with van der Waals surface area (Å²) in [5.41, 5.74) is 0. The van der Waals surface area contributed by atoms with E-state index in [0.29, 0.717) is 18.2 Å². The molecule has 0 aliphatic carbocycles. The van der Waals surface area contributed by atoms with Crippen molar-refractivity contribution in [2.45, 2.75) is 19.8 Å². The van der Waals surface area contributed by atoms with E-state index < -0.39 is 0 Å². The van der Waals surface area contributed by atoms with E-state index in [0.717, 1.165) is 30.8 Å². The van der Waals surface area contributed by atoms with Gasteiger partial charge in [-0.25, -0.2) is 0 Å². The van der Waals surface area contributed by atoms with Crippen molar-refractivity contribution >= 4 is 28.8 Å². The van der Waals surface area contributed by atoms with Gasteiger partial charge in [0.2, 0.25) is 9.47 Å². The lowest BCUT2D eigenvalue weighted by Gasteiger charge is -2.03. The fourth-order valence-corrected chi connectivity index (χ4v) is 1.74. The molecule has 0 unspecified atom stereocenters. The minimum absolute atomic E-state index is 0.236. The highest BCUT2D eigenvalue weighted by Crippen LogP contribution is 2.14. The van der Waals surface area contributed by atoms with E-state index in [-0.39, 0.29) is 10.4 Å². The Morgan fingerprint density at radius 1 is 1.50 bits per heavy atom. The quantitative estimate of drug-likeness (QED) is 0.761. The zero-order valence-electron chi connectivity index (χ0n) is 9.03. The highest BCUT2D eigenvalue weighted by Gasteiger charge is 2.10. The molecule has 1 N–H and O–H groups in total. The second-order valence-electron chi connectivity index (χ2n) is 3.08. The molecular formula is C9H14ClN3O2S. The average molecular weight is 264 g/mol. The van der Waals surface area contributed by atoms with Gasteiger partial charge in [-0.15, -0.1) is 10.2 Å². The molecule has 1 aromatic rings. The molecule has 0 radical (unpaired) electrons. The van der Waals surface area contributed by atoms with E-state index >= 15 is 0 Å². The van der Waals surface area contributed by atoms with Crippen molar-refractivity contribution in [1.29, 1.82) is 0 Å². The fourth-order valence-electron chi connectivity index (χ4n) is 0.995. The molecule has 0 spiro atoms. The van der Waals surface area contributed by atoms with Crippen LogP contribution in [0.2, 0.25) is 4.47 Å². The molecule has 0 saturated heterocycles. The number of carbonyl (C=O) groups is 1. The fraction of sp³-hybridized carbons (Fsp3) is 0.667. The first-order chi connectivity index (χ1) is 7.74. The van der Waals surface area contributed by atoms with Gasteiger partial charge >= 0.3 is 0 Å². The Balaban J connectivity index is 2.11. The van der Waals surface area contributed by atoms with Gasteiger partial charge in [0.25, 0.3) is 5.91 Å². The number of hydrogen-bond donors (Lipinski definition) is 1. The van der Waals surface area contributed by atoms with Gasteiger partial charge in [-0.2, -0.15) is 0 Å². The zero-order valence-corrected chi connectivity index (χ0v) is 10.6. The van der Waals surface area contributed by atoms with Crippen LogP contribution in [0.4, 0.5) is 0 Å². The van der Waals surface area contributed by atoms with Gasteiger partial charge in [0, 0.05) is 19.8 Å². The molecule has 0 aliphatic rings. The van der Waals surface area contributed by atoms with E-state index in [4.69, 9.17) is 16.3 Å². The Morgan fingerprint density at radius 2 is 2.31 bits per heavy atom. The first kappa shape index (κ1) is 13.3. The molecule has 0 fully saturated rings. The Bertz CT molecular complexity index is 332. The summed E-state index contributed by atoms with van der Waals surface area (Å²) in [6.07, 6.45) is 1.80. The molecule has 1 aromatic heterocycles. The van der Waals surface area contributed by atoms with E-state index in [2.05, 4.69) is 22.4 Å². The number of nitrogens with zero attached hydrogens (tertiary/aromatic N) is 2. The van der Waals surface area contributed by atoms with Gasteiger partial charge < -0.3 is 10.1 Å². The van der Waals surface area contributed by atoms with Crippen molar-refractivity contribution < 1.29 is 9.53 Å². The van der Waals surface area contributed by atoms with Gasteiger partial charge in [0.05, 0.1) is 0 Å². The summed E-state index contributed by atoms with van der Waals surface area (Å²) in [5.74, 6) is -0.236. The molecule has 1 heterocycles. The van der Waals surface area contributed by atoms with E-state index in [1.807, 2.05) is 0 Å². The number of rotatable bonds is 7. The second-order valence-corrected chi connectivity index (χ2v) is 4.64. The third-order valence-electron chi connectivity index (χ3n) is 1.69. The molecule has 0 saturated carbocycles. The topological polar surface area (TPSA) is 64.1 Å². The van der Waals surface area contributed by atoms with E-state index in [1.165, 1.54) is 0 Å². The van der Waals surface area contributed by atoms with Crippen LogP contribution in [0.1, 0.15) is 29.6 Å². The largest absolute Gasteiger partial charge is 0.381 e. The first-order valence-electron chi connectivity index (χ1n) is 5.09. The van der Waals surface area contributed by atoms with Crippen LogP contribution in [0.3, 0.4) is 0 Å².